The van der Waals surface area contributed by atoms with Gasteiger partial charge >= 0.3 is 6.09 Å². The standard InChI is InChI=1S/C12H25NO4/c1-8(2)6-7-9(14)10(15)13-11(16)17-12(3,4)5/h8-10,14-15H,6-7H2,1-5H3,(H,13,16). The molecule has 0 saturated heterocycles. The first-order chi connectivity index (χ1) is 7.61. The van der Waals surface area contributed by atoms with Crippen molar-refractivity contribution in [2.75, 3.05) is 0 Å². The SMILES string of the molecule is CC(C)CCC(O)C(O)NC(=O)OC(C)(C)C. The van der Waals surface area contributed by atoms with Gasteiger partial charge in [0.1, 0.15) is 5.60 Å². The van der Waals surface area contributed by atoms with Crippen LogP contribution in [0.1, 0.15) is 47.5 Å². The number of alkyl carbamates (subject to hydrolysis) is 1. The molecule has 2 unspecified atom stereocenters. The molecule has 3 N–H and O–H groups in total. The van der Waals surface area contributed by atoms with E-state index in [2.05, 4.69) is 5.32 Å². The molecule has 0 aliphatic rings. The lowest BCUT2D eigenvalue weighted by molar-refractivity contribution is -0.0191. The third-order valence-corrected chi connectivity index (χ3v) is 2.07. The molecule has 102 valence electrons. The van der Waals surface area contributed by atoms with Gasteiger partial charge in [-0.1, -0.05) is 13.8 Å². The van der Waals surface area contributed by atoms with Gasteiger partial charge in [0, 0.05) is 0 Å². The predicted molar refractivity (Wildman–Crippen MR) is 65.5 cm³/mol. The average molecular weight is 247 g/mol. The zero-order chi connectivity index (χ0) is 13.6. The topological polar surface area (TPSA) is 78.8 Å². The Labute approximate surface area is 103 Å². The second-order valence-corrected chi connectivity index (χ2v) is 5.63. The number of amides is 1. The van der Waals surface area contributed by atoms with Gasteiger partial charge in [0.2, 0.25) is 0 Å². The van der Waals surface area contributed by atoms with Gasteiger partial charge in [0.25, 0.3) is 0 Å². The molecule has 0 rings (SSSR count). The quantitative estimate of drug-likeness (QED) is 0.645. The van der Waals surface area contributed by atoms with Gasteiger partial charge in [-0.15, -0.1) is 0 Å². The van der Waals surface area contributed by atoms with Crippen LogP contribution in [-0.4, -0.2) is 34.2 Å². The van der Waals surface area contributed by atoms with Crippen LogP contribution in [0.15, 0.2) is 0 Å². The van der Waals surface area contributed by atoms with E-state index in [-0.39, 0.29) is 0 Å². The molecule has 0 aliphatic heterocycles. The molecule has 0 saturated carbocycles. The highest BCUT2D eigenvalue weighted by molar-refractivity contribution is 5.67. The fourth-order valence-electron chi connectivity index (χ4n) is 1.19. The van der Waals surface area contributed by atoms with Crippen LogP contribution in [0.4, 0.5) is 4.79 Å². The molecule has 0 spiro atoms. The van der Waals surface area contributed by atoms with E-state index in [1.165, 1.54) is 0 Å². The minimum atomic E-state index is -1.29. The van der Waals surface area contributed by atoms with E-state index in [1.807, 2.05) is 13.8 Å². The molecule has 0 fully saturated rings. The summed E-state index contributed by atoms with van der Waals surface area (Å²) in [5.74, 6) is 0.443. The Morgan fingerprint density at radius 2 is 1.76 bits per heavy atom. The van der Waals surface area contributed by atoms with E-state index >= 15 is 0 Å². The minimum Gasteiger partial charge on any atom is -0.444 e. The van der Waals surface area contributed by atoms with Crippen molar-refractivity contribution in [2.45, 2.75) is 65.4 Å². The van der Waals surface area contributed by atoms with E-state index in [0.717, 1.165) is 6.42 Å². The number of aliphatic hydroxyl groups excluding tert-OH is 2. The fraction of sp³-hybridized carbons (Fsp3) is 0.917. The molecule has 1 amide bonds. The van der Waals surface area contributed by atoms with E-state index in [1.54, 1.807) is 20.8 Å². The highest BCUT2D eigenvalue weighted by Gasteiger charge is 2.22. The van der Waals surface area contributed by atoms with Crippen LogP contribution in [0.2, 0.25) is 0 Å². The highest BCUT2D eigenvalue weighted by Crippen LogP contribution is 2.10. The Bertz CT molecular complexity index is 235. The average Bonchev–Trinajstić information content (AvgIpc) is 2.10. The number of aliphatic hydroxyl groups is 2. The Balaban J connectivity index is 3.99. The van der Waals surface area contributed by atoms with Crippen molar-refractivity contribution in [3.8, 4) is 0 Å². The van der Waals surface area contributed by atoms with Crippen molar-refractivity contribution in [1.29, 1.82) is 0 Å². The first-order valence-electron chi connectivity index (χ1n) is 5.97. The van der Waals surface area contributed by atoms with Gasteiger partial charge in [0.15, 0.2) is 6.23 Å². The summed E-state index contributed by atoms with van der Waals surface area (Å²) < 4.78 is 4.96. The zero-order valence-corrected chi connectivity index (χ0v) is 11.4. The van der Waals surface area contributed by atoms with E-state index in [9.17, 15) is 15.0 Å². The van der Waals surface area contributed by atoms with Crippen molar-refractivity contribution < 1.29 is 19.7 Å². The second-order valence-electron chi connectivity index (χ2n) is 5.63. The molecule has 0 heterocycles. The largest absolute Gasteiger partial charge is 0.444 e. The van der Waals surface area contributed by atoms with E-state index in [4.69, 9.17) is 4.74 Å². The normalized spacial score (nSPS) is 15.5. The Morgan fingerprint density at radius 1 is 1.24 bits per heavy atom. The monoisotopic (exact) mass is 247 g/mol. The van der Waals surface area contributed by atoms with Crippen molar-refractivity contribution in [3.05, 3.63) is 0 Å². The summed E-state index contributed by atoms with van der Waals surface area (Å²) in [5.41, 5.74) is -0.618. The van der Waals surface area contributed by atoms with Gasteiger partial charge in [-0.3, -0.25) is 5.32 Å². The lowest BCUT2D eigenvalue weighted by atomic mass is 10.0. The van der Waals surface area contributed by atoms with Crippen molar-refractivity contribution >= 4 is 6.09 Å². The van der Waals surface area contributed by atoms with Crippen LogP contribution < -0.4 is 5.32 Å². The number of nitrogens with one attached hydrogen (secondary N) is 1. The molecule has 0 aromatic rings. The lowest BCUT2D eigenvalue weighted by Gasteiger charge is -2.23. The van der Waals surface area contributed by atoms with Gasteiger partial charge in [-0.25, -0.2) is 4.79 Å². The maximum Gasteiger partial charge on any atom is 0.409 e. The number of ether oxygens (including phenoxy) is 1. The summed E-state index contributed by atoms with van der Waals surface area (Å²) in [6.45, 7) is 9.25. The van der Waals surface area contributed by atoms with Crippen molar-refractivity contribution in [2.24, 2.45) is 5.92 Å². The maximum atomic E-state index is 11.3. The molecular weight excluding hydrogens is 222 g/mol. The van der Waals surface area contributed by atoms with Gasteiger partial charge in [0.05, 0.1) is 6.10 Å². The number of hydrogen-bond donors (Lipinski definition) is 3. The fourth-order valence-corrected chi connectivity index (χ4v) is 1.19. The number of hydrogen-bond acceptors (Lipinski definition) is 4. The molecule has 5 heteroatoms. The van der Waals surface area contributed by atoms with Crippen LogP contribution in [-0.2, 0) is 4.74 Å². The third kappa shape index (κ3) is 8.94. The van der Waals surface area contributed by atoms with Crippen LogP contribution in [0.5, 0.6) is 0 Å². The maximum absolute atomic E-state index is 11.3. The Hall–Kier alpha value is -0.810. The molecule has 0 aliphatic carbocycles. The molecule has 0 aromatic heterocycles. The molecule has 17 heavy (non-hydrogen) atoms. The first kappa shape index (κ1) is 16.2. The van der Waals surface area contributed by atoms with Crippen LogP contribution in [0, 0.1) is 5.92 Å². The lowest BCUT2D eigenvalue weighted by Crippen LogP contribution is -2.45. The number of carbonyl (C=O) groups is 1. The van der Waals surface area contributed by atoms with Crippen LogP contribution >= 0.6 is 0 Å². The summed E-state index contributed by atoms with van der Waals surface area (Å²) >= 11 is 0. The highest BCUT2D eigenvalue weighted by atomic mass is 16.6. The smallest absolute Gasteiger partial charge is 0.409 e. The summed E-state index contributed by atoms with van der Waals surface area (Å²) in [4.78, 5) is 11.3. The molecule has 0 bridgehead atoms. The number of rotatable bonds is 5. The van der Waals surface area contributed by atoms with Gasteiger partial charge in [-0.2, -0.15) is 0 Å². The van der Waals surface area contributed by atoms with E-state index < -0.39 is 24.0 Å². The summed E-state index contributed by atoms with van der Waals surface area (Å²) in [7, 11) is 0. The second kappa shape index (κ2) is 6.81. The Kier molecular flexibility index (Phi) is 6.49. The summed E-state index contributed by atoms with van der Waals surface area (Å²) in [5, 5.41) is 21.3. The van der Waals surface area contributed by atoms with Gasteiger partial charge in [-0.05, 0) is 39.5 Å². The molecule has 5 nitrogen and oxygen atoms in total. The molecular formula is C12H25NO4. The van der Waals surface area contributed by atoms with Gasteiger partial charge < -0.3 is 14.9 Å². The minimum absolute atomic E-state index is 0.439. The molecule has 2 atom stereocenters. The number of carbonyl (C=O) groups excluding carboxylic acids is 1. The van der Waals surface area contributed by atoms with Crippen molar-refractivity contribution in [1.82, 2.24) is 5.32 Å². The Morgan fingerprint density at radius 3 is 2.18 bits per heavy atom. The zero-order valence-electron chi connectivity index (χ0n) is 11.4. The third-order valence-electron chi connectivity index (χ3n) is 2.07. The van der Waals surface area contributed by atoms with Crippen LogP contribution in [0.25, 0.3) is 0 Å². The van der Waals surface area contributed by atoms with Crippen LogP contribution in [0.3, 0.4) is 0 Å². The summed E-state index contributed by atoms with van der Waals surface area (Å²) in [6.07, 6.45) is -1.76. The first-order valence-corrected chi connectivity index (χ1v) is 5.97. The summed E-state index contributed by atoms with van der Waals surface area (Å²) in [6, 6.07) is 0. The molecule has 0 radical (unpaired) electrons. The molecule has 0 aromatic carbocycles. The van der Waals surface area contributed by atoms with E-state index in [0.29, 0.717) is 12.3 Å². The predicted octanol–water partition coefficient (Wildman–Crippen LogP) is 1.63. The van der Waals surface area contributed by atoms with Crippen molar-refractivity contribution in [3.63, 3.8) is 0 Å².